The number of carbonyl (C=O) groups excluding carboxylic acids is 1. The first kappa shape index (κ1) is 14.0. The van der Waals surface area contributed by atoms with Crippen LogP contribution in [0.5, 0.6) is 5.88 Å². The van der Waals surface area contributed by atoms with Crippen LogP contribution in [-0.2, 0) is 4.79 Å². The molecule has 1 aromatic rings. The third-order valence-electron chi connectivity index (χ3n) is 3.26. The molecule has 8 nitrogen and oxygen atoms in total. The van der Waals surface area contributed by atoms with Gasteiger partial charge in [0.1, 0.15) is 5.82 Å². The van der Waals surface area contributed by atoms with E-state index in [1.807, 2.05) is 4.90 Å². The zero-order valence-electron chi connectivity index (χ0n) is 11.4. The molecule has 1 aromatic heterocycles. The summed E-state index contributed by atoms with van der Waals surface area (Å²) in [6.45, 7) is 4.08. The van der Waals surface area contributed by atoms with Crippen molar-refractivity contribution in [2.45, 2.75) is 6.92 Å². The van der Waals surface area contributed by atoms with Crippen molar-refractivity contribution in [1.82, 2.24) is 9.88 Å². The molecule has 108 valence electrons. The summed E-state index contributed by atoms with van der Waals surface area (Å²) >= 11 is 0. The molecule has 1 fully saturated rings. The Morgan fingerprint density at radius 1 is 1.35 bits per heavy atom. The van der Waals surface area contributed by atoms with Gasteiger partial charge in [-0.15, -0.1) is 0 Å². The maximum absolute atomic E-state index is 11.3. The van der Waals surface area contributed by atoms with Crippen LogP contribution < -0.4 is 9.64 Å². The van der Waals surface area contributed by atoms with Crippen molar-refractivity contribution in [2.24, 2.45) is 0 Å². The zero-order valence-corrected chi connectivity index (χ0v) is 11.4. The largest absolute Gasteiger partial charge is 0.476 e. The number of aromatic nitrogens is 1. The number of hydrogen-bond acceptors (Lipinski definition) is 6. The van der Waals surface area contributed by atoms with Crippen LogP contribution in [0.4, 0.5) is 11.5 Å². The summed E-state index contributed by atoms with van der Waals surface area (Å²) in [6.07, 6.45) is 0. The molecule has 0 aromatic carbocycles. The van der Waals surface area contributed by atoms with Gasteiger partial charge < -0.3 is 14.5 Å². The van der Waals surface area contributed by atoms with Gasteiger partial charge >= 0.3 is 5.69 Å². The number of amides is 1. The van der Waals surface area contributed by atoms with Crippen LogP contribution in [-0.4, -0.2) is 54.0 Å². The average Bonchev–Trinajstić information content (AvgIpc) is 2.46. The van der Waals surface area contributed by atoms with Crippen LogP contribution in [0.25, 0.3) is 0 Å². The summed E-state index contributed by atoms with van der Waals surface area (Å²) in [5, 5.41) is 10.8. The Morgan fingerprint density at radius 3 is 2.50 bits per heavy atom. The fourth-order valence-corrected chi connectivity index (χ4v) is 2.14. The van der Waals surface area contributed by atoms with Crippen LogP contribution in [0.2, 0.25) is 0 Å². The molecule has 2 rings (SSSR count). The summed E-state index contributed by atoms with van der Waals surface area (Å²) in [5.74, 6) is 0.677. The van der Waals surface area contributed by atoms with Crippen molar-refractivity contribution < 1.29 is 14.5 Å². The number of nitrogens with zero attached hydrogens (tertiary/aromatic N) is 4. The summed E-state index contributed by atoms with van der Waals surface area (Å²) in [7, 11) is 1.35. The highest BCUT2D eigenvalue weighted by molar-refractivity contribution is 5.73. The summed E-state index contributed by atoms with van der Waals surface area (Å²) in [5.41, 5.74) is -0.154. The van der Waals surface area contributed by atoms with Gasteiger partial charge in [0.05, 0.1) is 12.0 Å². The van der Waals surface area contributed by atoms with E-state index >= 15 is 0 Å². The van der Waals surface area contributed by atoms with Gasteiger partial charge in [0.2, 0.25) is 5.91 Å². The minimum absolute atomic E-state index is 0.00139. The lowest BCUT2D eigenvalue weighted by Gasteiger charge is -2.34. The van der Waals surface area contributed by atoms with E-state index in [4.69, 9.17) is 4.74 Å². The summed E-state index contributed by atoms with van der Waals surface area (Å²) in [6, 6.07) is 2.99. The molecular weight excluding hydrogens is 264 g/mol. The molecular formula is C12H16N4O4. The van der Waals surface area contributed by atoms with Crippen molar-refractivity contribution in [3.63, 3.8) is 0 Å². The number of hydrogen-bond donors (Lipinski definition) is 0. The number of ether oxygens (including phenoxy) is 1. The smallest absolute Gasteiger partial charge is 0.331 e. The molecule has 2 heterocycles. The molecule has 0 saturated carbocycles. The molecule has 1 amide bonds. The Bertz CT molecular complexity index is 526. The van der Waals surface area contributed by atoms with Gasteiger partial charge in [-0.1, -0.05) is 0 Å². The molecule has 0 bridgehead atoms. The van der Waals surface area contributed by atoms with E-state index in [1.165, 1.54) is 13.2 Å². The Morgan fingerprint density at radius 2 is 2.00 bits per heavy atom. The second-order valence-electron chi connectivity index (χ2n) is 4.45. The molecule has 0 aliphatic carbocycles. The highest BCUT2D eigenvalue weighted by Gasteiger charge is 2.22. The quantitative estimate of drug-likeness (QED) is 0.597. The lowest BCUT2D eigenvalue weighted by Crippen LogP contribution is -2.48. The van der Waals surface area contributed by atoms with E-state index < -0.39 is 4.92 Å². The Hall–Kier alpha value is -2.38. The van der Waals surface area contributed by atoms with Crippen molar-refractivity contribution in [2.75, 3.05) is 38.2 Å². The molecule has 0 spiro atoms. The van der Waals surface area contributed by atoms with Crippen LogP contribution in [0.1, 0.15) is 6.92 Å². The van der Waals surface area contributed by atoms with E-state index in [0.29, 0.717) is 32.0 Å². The van der Waals surface area contributed by atoms with Crippen LogP contribution in [0.3, 0.4) is 0 Å². The first-order valence-electron chi connectivity index (χ1n) is 6.23. The molecule has 0 radical (unpaired) electrons. The number of anilines is 1. The number of rotatable bonds is 3. The highest BCUT2D eigenvalue weighted by Crippen LogP contribution is 2.27. The van der Waals surface area contributed by atoms with Crippen LogP contribution in [0.15, 0.2) is 12.1 Å². The normalized spacial score (nSPS) is 15.1. The topological polar surface area (TPSA) is 88.8 Å². The fourth-order valence-electron chi connectivity index (χ4n) is 2.14. The molecule has 1 aliphatic rings. The van der Waals surface area contributed by atoms with Gasteiger partial charge in [-0.2, -0.15) is 4.98 Å². The van der Waals surface area contributed by atoms with Gasteiger partial charge in [0.25, 0.3) is 5.88 Å². The second-order valence-corrected chi connectivity index (χ2v) is 4.45. The van der Waals surface area contributed by atoms with Crippen molar-refractivity contribution >= 4 is 17.4 Å². The minimum atomic E-state index is -0.525. The average molecular weight is 280 g/mol. The summed E-state index contributed by atoms with van der Waals surface area (Å²) < 4.78 is 4.95. The standard InChI is InChI=1S/C12H16N4O4/c1-9(17)14-5-7-15(8-6-14)11-4-3-10(16(18)19)12(13-11)20-2/h3-4H,5-8H2,1-2H3. The Kier molecular flexibility index (Phi) is 4.02. The molecule has 0 atom stereocenters. The molecule has 8 heteroatoms. The van der Waals surface area contributed by atoms with Crippen molar-refractivity contribution in [3.8, 4) is 5.88 Å². The number of methoxy groups -OCH3 is 1. The number of pyridine rings is 1. The van der Waals surface area contributed by atoms with Gasteiger partial charge in [0.15, 0.2) is 0 Å². The monoisotopic (exact) mass is 280 g/mol. The highest BCUT2D eigenvalue weighted by atomic mass is 16.6. The lowest BCUT2D eigenvalue weighted by molar-refractivity contribution is -0.386. The van der Waals surface area contributed by atoms with Crippen LogP contribution >= 0.6 is 0 Å². The van der Waals surface area contributed by atoms with Gasteiger partial charge in [0, 0.05) is 39.2 Å². The predicted octanol–water partition coefficient (Wildman–Crippen LogP) is 0.667. The Labute approximate surface area is 116 Å². The van der Waals surface area contributed by atoms with E-state index in [1.54, 1.807) is 17.9 Å². The maximum atomic E-state index is 11.3. The first-order chi connectivity index (χ1) is 9.52. The van der Waals surface area contributed by atoms with Crippen molar-refractivity contribution in [3.05, 3.63) is 22.2 Å². The minimum Gasteiger partial charge on any atom is -0.476 e. The van der Waals surface area contributed by atoms with E-state index in [9.17, 15) is 14.9 Å². The number of nitro groups is 1. The van der Waals surface area contributed by atoms with E-state index in [-0.39, 0.29) is 17.5 Å². The van der Waals surface area contributed by atoms with Gasteiger partial charge in [-0.25, -0.2) is 0 Å². The molecule has 0 N–H and O–H groups in total. The first-order valence-corrected chi connectivity index (χ1v) is 6.23. The van der Waals surface area contributed by atoms with Gasteiger partial charge in [-0.05, 0) is 6.07 Å². The third-order valence-corrected chi connectivity index (χ3v) is 3.26. The number of piperazine rings is 1. The number of carbonyl (C=O) groups is 1. The van der Waals surface area contributed by atoms with Gasteiger partial charge in [-0.3, -0.25) is 14.9 Å². The Balaban J connectivity index is 2.14. The van der Waals surface area contributed by atoms with Crippen LogP contribution in [0, 0.1) is 10.1 Å². The summed E-state index contributed by atoms with van der Waals surface area (Å²) in [4.78, 5) is 29.5. The van der Waals surface area contributed by atoms with E-state index in [0.717, 1.165) is 0 Å². The molecule has 0 unspecified atom stereocenters. The predicted molar refractivity (Wildman–Crippen MR) is 71.9 cm³/mol. The SMILES string of the molecule is COc1nc(N2CCN(C(C)=O)CC2)ccc1[N+](=O)[O-]. The lowest BCUT2D eigenvalue weighted by atomic mass is 10.3. The van der Waals surface area contributed by atoms with E-state index in [2.05, 4.69) is 4.98 Å². The van der Waals surface area contributed by atoms with Crippen molar-refractivity contribution in [1.29, 1.82) is 0 Å². The molecule has 1 aliphatic heterocycles. The zero-order chi connectivity index (χ0) is 14.7. The molecule has 20 heavy (non-hydrogen) atoms. The third kappa shape index (κ3) is 2.79. The second kappa shape index (κ2) is 5.72. The molecule has 1 saturated heterocycles. The maximum Gasteiger partial charge on any atom is 0.331 e. The fraction of sp³-hybridized carbons (Fsp3) is 0.500.